The van der Waals surface area contributed by atoms with Gasteiger partial charge in [0.2, 0.25) is 5.95 Å². The van der Waals surface area contributed by atoms with Gasteiger partial charge in [0.1, 0.15) is 24.6 Å². The smallest absolute Gasteiger partial charge is 0.228 e. The molecule has 0 amide bonds. The summed E-state index contributed by atoms with van der Waals surface area (Å²) in [4.78, 5) is 12.6. The first-order valence-corrected chi connectivity index (χ1v) is 9.99. The van der Waals surface area contributed by atoms with Crippen LogP contribution in [0.15, 0.2) is 41.8 Å². The van der Waals surface area contributed by atoms with Crippen molar-refractivity contribution in [3.8, 4) is 0 Å². The summed E-state index contributed by atoms with van der Waals surface area (Å²) < 4.78 is 7.15. The highest BCUT2D eigenvalue weighted by Crippen LogP contribution is 2.35. The Kier molecular flexibility index (Phi) is 6.09. The van der Waals surface area contributed by atoms with Gasteiger partial charge >= 0.3 is 0 Å². The topological polar surface area (TPSA) is 164 Å². The van der Waals surface area contributed by atoms with Crippen molar-refractivity contribution in [3.05, 3.63) is 42.2 Å². The lowest BCUT2D eigenvalue weighted by Gasteiger charge is -2.19. The highest BCUT2D eigenvalue weighted by molar-refractivity contribution is 5.87. The zero-order valence-electron chi connectivity index (χ0n) is 17.0. The molecule has 4 unspecified atom stereocenters. The molecule has 4 rings (SSSR count). The molecule has 11 nitrogen and oxygen atoms in total. The number of benzene rings is 1. The number of aliphatic hydroxyl groups excluding tert-OH is 3. The SMILES string of the molecule is CCC(Cc1ccccc1)=NNc1nc2c(N)ncnc2n1C1OC(CO)C(O)C1O. The van der Waals surface area contributed by atoms with E-state index in [1.165, 1.54) is 10.9 Å². The van der Waals surface area contributed by atoms with Crippen LogP contribution >= 0.6 is 0 Å². The quantitative estimate of drug-likeness (QED) is 0.266. The summed E-state index contributed by atoms with van der Waals surface area (Å²) >= 11 is 0. The van der Waals surface area contributed by atoms with E-state index in [9.17, 15) is 15.3 Å². The van der Waals surface area contributed by atoms with E-state index in [4.69, 9.17) is 10.5 Å². The Hall–Kier alpha value is -3.12. The molecule has 3 aromatic rings. The maximum atomic E-state index is 10.5. The van der Waals surface area contributed by atoms with E-state index < -0.39 is 31.1 Å². The maximum Gasteiger partial charge on any atom is 0.228 e. The van der Waals surface area contributed by atoms with E-state index in [0.717, 1.165) is 11.3 Å². The minimum Gasteiger partial charge on any atom is -0.394 e. The van der Waals surface area contributed by atoms with Gasteiger partial charge in [-0.1, -0.05) is 37.3 Å². The largest absolute Gasteiger partial charge is 0.394 e. The molecule has 0 aliphatic carbocycles. The Morgan fingerprint density at radius 3 is 2.68 bits per heavy atom. The summed E-state index contributed by atoms with van der Waals surface area (Å²) in [5, 5.41) is 34.7. The van der Waals surface area contributed by atoms with Crippen LogP contribution in [0.5, 0.6) is 0 Å². The van der Waals surface area contributed by atoms with E-state index in [1.807, 2.05) is 37.3 Å². The average Bonchev–Trinajstić information content (AvgIpc) is 3.29. The fourth-order valence-corrected chi connectivity index (χ4v) is 3.54. The Bertz CT molecular complexity index is 1070. The van der Waals surface area contributed by atoms with Crippen LogP contribution in [-0.2, 0) is 11.2 Å². The fourth-order valence-electron chi connectivity index (χ4n) is 3.54. The number of rotatable bonds is 7. The number of nitrogens with two attached hydrogens (primary N) is 1. The molecule has 6 N–H and O–H groups in total. The lowest BCUT2D eigenvalue weighted by atomic mass is 10.1. The van der Waals surface area contributed by atoms with Crippen molar-refractivity contribution in [2.24, 2.45) is 5.10 Å². The van der Waals surface area contributed by atoms with E-state index in [0.29, 0.717) is 24.0 Å². The second-order valence-electron chi connectivity index (χ2n) is 7.27. The number of aliphatic hydroxyl groups is 3. The molecule has 1 aromatic carbocycles. The number of imidazole rings is 1. The van der Waals surface area contributed by atoms with Gasteiger partial charge in [-0.25, -0.2) is 20.4 Å². The molecule has 4 atom stereocenters. The van der Waals surface area contributed by atoms with Crippen LogP contribution in [0.4, 0.5) is 11.8 Å². The number of fused-ring (bicyclic) bond motifs is 1. The molecule has 0 bridgehead atoms. The van der Waals surface area contributed by atoms with E-state index in [2.05, 4.69) is 25.5 Å². The third-order valence-electron chi connectivity index (χ3n) is 5.25. The second-order valence-corrected chi connectivity index (χ2v) is 7.27. The van der Waals surface area contributed by atoms with Gasteiger partial charge < -0.3 is 25.8 Å². The molecule has 11 heteroatoms. The fraction of sp³-hybridized carbons (Fsp3) is 0.400. The molecule has 1 aliphatic rings. The summed E-state index contributed by atoms with van der Waals surface area (Å²) in [6.45, 7) is 1.55. The van der Waals surface area contributed by atoms with Gasteiger partial charge in [0, 0.05) is 12.1 Å². The molecular weight excluding hydrogens is 402 g/mol. The third kappa shape index (κ3) is 4.08. The lowest BCUT2D eigenvalue weighted by molar-refractivity contribution is -0.0501. The van der Waals surface area contributed by atoms with Crippen molar-refractivity contribution in [3.63, 3.8) is 0 Å². The number of anilines is 2. The lowest BCUT2D eigenvalue weighted by Crippen LogP contribution is -2.33. The van der Waals surface area contributed by atoms with Crippen molar-refractivity contribution in [1.82, 2.24) is 19.5 Å². The summed E-state index contributed by atoms with van der Waals surface area (Å²) in [6.07, 6.45) is -1.95. The molecule has 0 saturated carbocycles. The number of hydrogen-bond acceptors (Lipinski definition) is 10. The van der Waals surface area contributed by atoms with E-state index >= 15 is 0 Å². The highest BCUT2D eigenvalue weighted by atomic mass is 16.6. The van der Waals surface area contributed by atoms with Crippen molar-refractivity contribution in [2.75, 3.05) is 17.8 Å². The number of hydrazone groups is 1. The minimum absolute atomic E-state index is 0.155. The molecular formula is C20H25N7O4. The summed E-state index contributed by atoms with van der Waals surface area (Å²) in [7, 11) is 0. The van der Waals surface area contributed by atoms with Gasteiger partial charge in [-0.3, -0.25) is 4.57 Å². The number of nitrogens with zero attached hydrogens (tertiary/aromatic N) is 5. The van der Waals surface area contributed by atoms with Gasteiger partial charge in [-0.05, 0) is 12.0 Å². The first-order chi connectivity index (χ1) is 15.0. The van der Waals surface area contributed by atoms with Crippen LogP contribution in [0, 0.1) is 0 Å². The number of aromatic nitrogens is 4. The number of hydrogen-bond donors (Lipinski definition) is 5. The molecule has 164 valence electrons. The van der Waals surface area contributed by atoms with E-state index in [1.54, 1.807) is 0 Å². The Balaban J connectivity index is 1.70. The van der Waals surface area contributed by atoms with Crippen molar-refractivity contribution >= 4 is 28.6 Å². The minimum atomic E-state index is -1.31. The predicted octanol–water partition coefficient (Wildman–Crippen LogP) is 0.441. The van der Waals surface area contributed by atoms with Gasteiger partial charge in [-0.15, -0.1) is 0 Å². The molecule has 1 saturated heterocycles. The second kappa shape index (κ2) is 8.94. The maximum absolute atomic E-state index is 10.5. The van der Waals surface area contributed by atoms with Crippen LogP contribution in [0.25, 0.3) is 11.2 Å². The van der Waals surface area contributed by atoms with Crippen LogP contribution in [-0.4, -0.2) is 65.5 Å². The van der Waals surface area contributed by atoms with Crippen LogP contribution in [0.3, 0.4) is 0 Å². The predicted molar refractivity (Wildman–Crippen MR) is 114 cm³/mol. The summed E-state index contributed by atoms with van der Waals surface area (Å²) in [6, 6.07) is 9.95. The van der Waals surface area contributed by atoms with Crippen molar-refractivity contribution in [2.45, 2.75) is 44.3 Å². The molecule has 31 heavy (non-hydrogen) atoms. The first-order valence-electron chi connectivity index (χ1n) is 9.99. The zero-order valence-corrected chi connectivity index (χ0v) is 17.0. The zero-order chi connectivity index (χ0) is 22.0. The molecule has 1 aliphatic heterocycles. The van der Waals surface area contributed by atoms with Crippen LogP contribution in [0.1, 0.15) is 25.1 Å². The Morgan fingerprint density at radius 2 is 2.00 bits per heavy atom. The average molecular weight is 427 g/mol. The molecule has 1 fully saturated rings. The Morgan fingerprint density at radius 1 is 1.23 bits per heavy atom. The summed E-state index contributed by atoms with van der Waals surface area (Å²) in [5.74, 6) is 0.374. The monoisotopic (exact) mass is 427 g/mol. The van der Waals surface area contributed by atoms with Gasteiger partial charge in [0.25, 0.3) is 0 Å². The highest BCUT2D eigenvalue weighted by Gasteiger charge is 2.45. The van der Waals surface area contributed by atoms with Gasteiger partial charge in [0.05, 0.1) is 6.61 Å². The number of nitrogens with one attached hydrogen (secondary N) is 1. The first kappa shape index (κ1) is 21.1. The van der Waals surface area contributed by atoms with Crippen LogP contribution < -0.4 is 11.2 Å². The van der Waals surface area contributed by atoms with Crippen molar-refractivity contribution < 1.29 is 20.1 Å². The van der Waals surface area contributed by atoms with Gasteiger partial charge in [-0.2, -0.15) is 5.10 Å². The van der Waals surface area contributed by atoms with E-state index in [-0.39, 0.29) is 11.8 Å². The number of ether oxygens (including phenoxy) is 1. The molecule has 3 heterocycles. The van der Waals surface area contributed by atoms with Crippen LogP contribution in [0.2, 0.25) is 0 Å². The molecule has 0 radical (unpaired) electrons. The summed E-state index contributed by atoms with van der Waals surface area (Å²) in [5.41, 5.74) is 11.5. The van der Waals surface area contributed by atoms with Gasteiger partial charge in [0.15, 0.2) is 23.2 Å². The standard InChI is InChI=1S/C20H25N7O4/c1-2-12(8-11-6-4-3-5-7-11)25-26-20-24-14-17(21)22-10-23-18(14)27(20)19-16(30)15(29)13(9-28)31-19/h3-7,10,13,15-16,19,28-30H,2,8-9H2,1H3,(H,24,26)(H2,21,22,23). The Labute approximate surface area is 178 Å². The third-order valence-corrected chi connectivity index (χ3v) is 5.25. The van der Waals surface area contributed by atoms with Crippen molar-refractivity contribution in [1.29, 1.82) is 0 Å². The normalized spacial score (nSPS) is 24.1. The number of nitrogen functional groups attached to an aromatic ring is 1. The molecule has 0 spiro atoms. The molecule has 2 aromatic heterocycles.